The van der Waals surface area contributed by atoms with Crippen LogP contribution in [0.25, 0.3) is 0 Å². The molecule has 0 saturated heterocycles. The van der Waals surface area contributed by atoms with E-state index in [-0.39, 0.29) is 23.7 Å². The van der Waals surface area contributed by atoms with Crippen LogP contribution in [0.5, 0.6) is 0 Å². The van der Waals surface area contributed by atoms with Gasteiger partial charge in [0.2, 0.25) is 11.8 Å². The highest BCUT2D eigenvalue weighted by Gasteiger charge is 2.40. The molecule has 3 N–H and O–H groups in total. The van der Waals surface area contributed by atoms with E-state index in [2.05, 4.69) is 0 Å². The molecule has 0 heterocycles. The van der Waals surface area contributed by atoms with Crippen LogP contribution in [0.1, 0.15) is 83.5 Å². The summed E-state index contributed by atoms with van der Waals surface area (Å²) in [6.45, 7) is 0.486. The second-order valence-electron chi connectivity index (χ2n) is 7.85. The van der Waals surface area contributed by atoms with Crippen molar-refractivity contribution >= 4 is 17.8 Å². The Balaban J connectivity index is 2.20. The summed E-state index contributed by atoms with van der Waals surface area (Å²) in [6.07, 6.45) is 10.8. The van der Waals surface area contributed by atoms with Crippen LogP contribution < -0.4 is 5.73 Å². The highest BCUT2D eigenvalue weighted by atomic mass is 16.4. The highest BCUT2D eigenvalue weighted by molar-refractivity contribution is 6.01. The normalized spacial score (nSPS) is 20.5. The van der Waals surface area contributed by atoms with Gasteiger partial charge in [-0.15, -0.1) is 0 Å². The Morgan fingerprint density at radius 1 is 0.846 bits per heavy atom. The summed E-state index contributed by atoms with van der Waals surface area (Å²) >= 11 is 0. The number of carbonyl (C=O) groups is 3. The van der Waals surface area contributed by atoms with Crippen LogP contribution in [0.3, 0.4) is 0 Å². The van der Waals surface area contributed by atoms with E-state index in [9.17, 15) is 19.5 Å². The first-order chi connectivity index (χ1) is 12.6. The van der Waals surface area contributed by atoms with Crippen molar-refractivity contribution < 1.29 is 19.5 Å². The zero-order chi connectivity index (χ0) is 18.9. The van der Waals surface area contributed by atoms with Crippen LogP contribution in [-0.2, 0) is 14.4 Å². The average Bonchev–Trinajstić information content (AvgIpc) is 2.68. The minimum absolute atomic E-state index is 0.201. The molecule has 0 aromatic carbocycles. The zero-order valence-electron chi connectivity index (χ0n) is 15.8. The maximum absolute atomic E-state index is 13.2. The van der Waals surface area contributed by atoms with Crippen LogP contribution in [0.15, 0.2) is 0 Å². The van der Waals surface area contributed by atoms with Gasteiger partial charge in [0.25, 0.3) is 0 Å². The molecule has 2 aliphatic rings. The largest absolute Gasteiger partial charge is 0.480 e. The summed E-state index contributed by atoms with van der Waals surface area (Å²) in [5.74, 6) is -1.98. The molecule has 0 unspecified atom stereocenters. The first-order valence-electron chi connectivity index (χ1n) is 10.4. The molecule has 1 atom stereocenters. The van der Waals surface area contributed by atoms with Crippen molar-refractivity contribution in [3.8, 4) is 0 Å². The Morgan fingerprint density at radius 3 is 1.69 bits per heavy atom. The van der Waals surface area contributed by atoms with Gasteiger partial charge in [-0.1, -0.05) is 38.5 Å². The molecule has 2 rings (SSSR count). The van der Waals surface area contributed by atoms with Crippen LogP contribution >= 0.6 is 0 Å². The van der Waals surface area contributed by atoms with E-state index in [4.69, 9.17) is 5.73 Å². The number of aliphatic carboxylic acids is 1. The molecule has 26 heavy (non-hydrogen) atoms. The van der Waals surface area contributed by atoms with Crippen molar-refractivity contribution in [3.05, 3.63) is 0 Å². The minimum atomic E-state index is -1.07. The molecule has 2 fully saturated rings. The van der Waals surface area contributed by atoms with E-state index in [0.717, 1.165) is 69.1 Å². The number of hydrogen-bond acceptors (Lipinski definition) is 4. The Morgan fingerprint density at radius 2 is 1.31 bits per heavy atom. The standard InChI is InChI=1S/C20H34N2O4/c21-14-8-7-13-17(20(25)26)22(18(23)15-9-3-1-4-10-15)19(24)16-11-5-2-6-12-16/h15-17H,1-14,21H2,(H,25,26)/t17-/m0/s1. The van der Waals surface area contributed by atoms with Gasteiger partial charge in [-0.05, 0) is 51.5 Å². The van der Waals surface area contributed by atoms with Crippen molar-refractivity contribution in [2.45, 2.75) is 89.5 Å². The third-order valence-electron chi connectivity index (χ3n) is 5.91. The second kappa shape index (κ2) is 10.7. The van der Waals surface area contributed by atoms with E-state index in [0.29, 0.717) is 25.8 Å². The smallest absolute Gasteiger partial charge is 0.326 e. The number of rotatable bonds is 8. The quantitative estimate of drug-likeness (QED) is 0.508. The van der Waals surface area contributed by atoms with Crippen molar-refractivity contribution in [2.75, 3.05) is 6.54 Å². The molecule has 2 saturated carbocycles. The lowest BCUT2D eigenvalue weighted by atomic mass is 9.85. The van der Waals surface area contributed by atoms with E-state index < -0.39 is 12.0 Å². The Kier molecular flexibility index (Phi) is 8.55. The van der Waals surface area contributed by atoms with Crippen LogP contribution in [-0.4, -0.2) is 40.4 Å². The van der Waals surface area contributed by atoms with Crippen molar-refractivity contribution in [2.24, 2.45) is 17.6 Å². The molecule has 0 aromatic rings. The van der Waals surface area contributed by atoms with Gasteiger partial charge >= 0.3 is 5.97 Å². The lowest BCUT2D eigenvalue weighted by Crippen LogP contribution is -2.53. The minimum Gasteiger partial charge on any atom is -0.480 e. The van der Waals surface area contributed by atoms with E-state index in [1.165, 1.54) is 0 Å². The Bertz CT molecular complexity index is 452. The van der Waals surface area contributed by atoms with Crippen LogP contribution in [0, 0.1) is 11.8 Å². The number of hydrogen-bond donors (Lipinski definition) is 2. The Labute approximate surface area is 156 Å². The maximum atomic E-state index is 13.2. The SMILES string of the molecule is NCCCC[C@@H](C(=O)O)N(C(=O)C1CCCCC1)C(=O)C1CCCCC1. The lowest BCUT2D eigenvalue weighted by molar-refractivity contribution is -0.163. The summed E-state index contributed by atoms with van der Waals surface area (Å²) in [7, 11) is 0. The van der Waals surface area contributed by atoms with Gasteiger partial charge in [0, 0.05) is 11.8 Å². The zero-order valence-corrected chi connectivity index (χ0v) is 15.8. The molecular formula is C20H34N2O4. The summed E-state index contributed by atoms with van der Waals surface area (Å²) in [5.41, 5.74) is 5.53. The number of imide groups is 1. The molecule has 0 bridgehead atoms. The van der Waals surface area contributed by atoms with Crippen molar-refractivity contribution in [1.29, 1.82) is 0 Å². The Hall–Kier alpha value is -1.43. The predicted octanol–water partition coefficient (Wildman–Crippen LogP) is 3.08. The van der Waals surface area contributed by atoms with Gasteiger partial charge in [0.1, 0.15) is 6.04 Å². The third kappa shape index (κ3) is 5.53. The summed E-state index contributed by atoms with van der Waals surface area (Å²) in [5, 5.41) is 9.76. The fourth-order valence-corrected chi connectivity index (χ4v) is 4.35. The maximum Gasteiger partial charge on any atom is 0.326 e. The number of carboxylic acids is 1. The summed E-state index contributed by atoms with van der Waals surface area (Å²) in [4.78, 5) is 39.4. The molecule has 0 aromatic heterocycles. The van der Waals surface area contributed by atoms with Gasteiger partial charge in [0.15, 0.2) is 0 Å². The van der Waals surface area contributed by atoms with E-state index in [1.54, 1.807) is 0 Å². The number of carbonyl (C=O) groups excluding carboxylic acids is 2. The highest BCUT2D eigenvalue weighted by Crippen LogP contribution is 2.31. The monoisotopic (exact) mass is 366 g/mol. The molecule has 0 spiro atoms. The third-order valence-corrected chi connectivity index (χ3v) is 5.91. The molecule has 0 aliphatic heterocycles. The first kappa shape index (κ1) is 20.9. The predicted molar refractivity (Wildman–Crippen MR) is 99.3 cm³/mol. The van der Waals surface area contributed by atoms with Crippen LogP contribution in [0.2, 0.25) is 0 Å². The summed E-state index contributed by atoms with van der Waals surface area (Å²) < 4.78 is 0. The number of amides is 2. The molecule has 0 radical (unpaired) electrons. The molecule has 148 valence electrons. The van der Waals surface area contributed by atoms with Crippen LogP contribution in [0.4, 0.5) is 0 Å². The number of unbranched alkanes of at least 4 members (excludes halogenated alkanes) is 1. The van der Waals surface area contributed by atoms with Gasteiger partial charge < -0.3 is 10.8 Å². The van der Waals surface area contributed by atoms with Crippen molar-refractivity contribution in [3.63, 3.8) is 0 Å². The number of nitrogens with zero attached hydrogens (tertiary/aromatic N) is 1. The fraction of sp³-hybridized carbons (Fsp3) is 0.850. The molecule has 2 amide bonds. The van der Waals surface area contributed by atoms with Gasteiger partial charge in [0.05, 0.1) is 0 Å². The van der Waals surface area contributed by atoms with Gasteiger partial charge in [-0.3, -0.25) is 14.5 Å². The molecule has 6 nitrogen and oxygen atoms in total. The van der Waals surface area contributed by atoms with Gasteiger partial charge in [-0.2, -0.15) is 0 Å². The topological polar surface area (TPSA) is 101 Å². The number of nitrogens with two attached hydrogens (primary N) is 1. The second-order valence-corrected chi connectivity index (χ2v) is 7.85. The summed E-state index contributed by atoms with van der Waals surface area (Å²) in [6, 6.07) is -1.05. The molecular weight excluding hydrogens is 332 g/mol. The van der Waals surface area contributed by atoms with Crippen molar-refractivity contribution in [1.82, 2.24) is 4.90 Å². The van der Waals surface area contributed by atoms with E-state index in [1.807, 2.05) is 0 Å². The average molecular weight is 367 g/mol. The lowest BCUT2D eigenvalue weighted by Gasteiger charge is -2.35. The molecule has 2 aliphatic carbocycles. The fourth-order valence-electron chi connectivity index (χ4n) is 4.35. The molecule has 6 heteroatoms. The van der Waals surface area contributed by atoms with Gasteiger partial charge in [-0.25, -0.2) is 4.79 Å². The number of carboxylic acid groups (broad SMARTS) is 1. The first-order valence-corrected chi connectivity index (χ1v) is 10.4. The van der Waals surface area contributed by atoms with E-state index >= 15 is 0 Å².